The van der Waals surface area contributed by atoms with Crippen molar-refractivity contribution in [1.82, 2.24) is 15.5 Å². The molecule has 188 valence electrons. The number of benzene rings is 3. The molecule has 1 aliphatic rings. The maximum atomic E-state index is 13.5. The first-order valence-electron chi connectivity index (χ1n) is 11.6. The molecule has 5 rings (SSSR count). The lowest BCUT2D eigenvalue weighted by Gasteiger charge is -2.35. The van der Waals surface area contributed by atoms with E-state index >= 15 is 0 Å². The van der Waals surface area contributed by atoms with Crippen LogP contribution in [0.25, 0.3) is 17.0 Å². The first-order valence-corrected chi connectivity index (χ1v) is 11.6. The minimum Gasteiger partial charge on any atom is -0.497 e. The molecule has 0 radical (unpaired) electrons. The average molecular weight is 499 g/mol. The van der Waals surface area contributed by atoms with E-state index in [0.29, 0.717) is 45.9 Å². The monoisotopic (exact) mass is 498 g/mol. The van der Waals surface area contributed by atoms with Crippen LogP contribution in [0.15, 0.2) is 83.0 Å². The highest BCUT2D eigenvalue weighted by Crippen LogP contribution is 2.41. The number of ether oxygens (including phenoxy) is 3. The zero-order valence-electron chi connectivity index (χ0n) is 20.9. The van der Waals surface area contributed by atoms with Crippen LogP contribution in [0, 0.1) is 0 Å². The van der Waals surface area contributed by atoms with Crippen LogP contribution < -0.4 is 24.4 Å². The van der Waals surface area contributed by atoms with E-state index in [-0.39, 0.29) is 6.03 Å². The van der Waals surface area contributed by atoms with Gasteiger partial charge < -0.3 is 24.1 Å². The van der Waals surface area contributed by atoms with Crippen molar-refractivity contribution in [1.29, 1.82) is 0 Å². The molecule has 1 N–H and O–H groups in total. The molecule has 0 bridgehead atoms. The van der Waals surface area contributed by atoms with E-state index in [2.05, 4.69) is 10.5 Å². The Labute approximate surface area is 214 Å². The minimum atomic E-state index is -0.578. The quantitative estimate of drug-likeness (QED) is 0.361. The maximum absolute atomic E-state index is 13.5. The summed E-state index contributed by atoms with van der Waals surface area (Å²) in [4.78, 5) is 19.7. The SMILES string of the molecule is COc1ccc(N2C(=O)NC(c3ccc(OC)c(OC)c3)C(c3nc(-c4ccccc4)no3)=C2C)cc1. The Balaban J connectivity index is 1.65. The van der Waals surface area contributed by atoms with E-state index in [9.17, 15) is 4.79 Å². The molecule has 2 amide bonds. The second kappa shape index (κ2) is 10.1. The zero-order chi connectivity index (χ0) is 25.9. The predicted octanol–water partition coefficient (Wildman–Crippen LogP) is 5.46. The van der Waals surface area contributed by atoms with Crippen molar-refractivity contribution < 1.29 is 23.5 Å². The van der Waals surface area contributed by atoms with Crippen LogP contribution in [-0.2, 0) is 0 Å². The molecule has 9 nitrogen and oxygen atoms in total. The minimum absolute atomic E-state index is 0.297. The van der Waals surface area contributed by atoms with Crippen LogP contribution in [0.2, 0.25) is 0 Å². The largest absolute Gasteiger partial charge is 0.497 e. The van der Waals surface area contributed by atoms with E-state index in [1.54, 1.807) is 44.4 Å². The first kappa shape index (κ1) is 23.9. The fraction of sp³-hybridized carbons (Fsp3) is 0.179. The van der Waals surface area contributed by atoms with Crippen molar-refractivity contribution in [2.24, 2.45) is 0 Å². The Kier molecular flexibility index (Phi) is 6.51. The van der Waals surface area contributed by atoms with Crippen molar-refractivity contribution in [2.45, 2.75) is 13.0 Å². The Morgan fingerprint density at radius 1 is 0.892 bits per heavy atom. The van der Waals surface area contributed by atoms with Crippen molar-refractivity contribution in [2.75, 3.05) is 26.2 Å². The van der Waals surface area contributed by atoms with Gasteiger partial charge in [-0.15, -0.1) is 0 Å². The molecule has 9 heteroatoms. The molecule has 1 atom stereocenters. The smallest absolute Gasteiger partial charge is 0.326 e. The molecule has 37 heavy (non-hydrogen) atoms. The third-order valence-electron chi connectivity index (χ3n) is 6.24. The highest BCUT2D eigenvalue weighted by Gasteiger charge is 2.37. The third kappa shape index (κ3) is 4.47. The predicted molar refractivity (Wildman–Crippen MR) is 139 cm³/mol. The molecule has 3 aromatic carbocycles. The Hall–Kier alpha value is -4.79. The van der Waals surface area contributed by atoms with Gasteiger partial charge in [0, 0.05) is 11.3 Å². The van der Waals surface area contributed by atoms with Crippen LogP contribution >= 0.6 is 0 Å². The number of carbonyl (C=O) groups is 1. The molecular formula is C28H26N4O5. The number of hydrogen-bond donors (Lipinski definition) is 1. The number of amides is 2. The summed E-state index contributed by atoms with van der Waals surface area (Å²) >= 11 is 0. The van der Waals surface area contributed by atoms with Crippen LogP contribution in [0.5, 0.6) is 17.2 Å². The Bertz CT molecular complexity index is 1450. The summed E-state index contributed by atoms with van der Waals surface area (Å²) in [5.41, 5.74) is 3.58. The molecule has 1 unspecified atom stereocenters. The van der Waals surface area contributed by atoms with E-state index in [1.165, 1.54) is 0 Å². The Morgan fingerprint density at radius 2 is 1.62 bits per heavy atom. The van der Waals surface area contributed by atoms with Gasteiger partial charge >= 0.3 is 6.03 Å². The fourth-order valence-electron chi connectivity index (χ4n) is 4.38. The van der Waals surface area contributed by atoms with Crippen molar-refractivity contribution in [3.63, 3.8) is 0 Å². The van der Waals surface area contributed by atoms with Gasteiger partial charge in [-0.3, -0.25) is 4.90 Å². The summed E-state index contributed by atoms with van der Waals surface area (Å²) in [5, 5.41) is 7.31. The lowest BCUT2D eigenvalue weighted by Crippen LogP contribution is -2.46. The van der Waals surface area contributed by atoms with E-state index in [4.69, 9.17) is 23.7 Å². The first-order chi connectivity index (χ1) is 18.0. The number of aromatic nitrogens is 2. The normalized spacial score (nSPS) is 15.4. The van der Waals surface area contributed by atoms with E-state index in [1.807, 2.05) is 61.5 Å². The number of allylic oxidation sites excluding steroid dienone is 1. The van der Waals surface area contributed by atoms with Crippen LogP contribution in [0.3, 0.4) is 0 Å². The second-order valence-electron chi connectivity index (χ2n) is 8.32. The summed E-state index contributed by atoms with van der Waals surface area (Å²) in [5.74, 6) is 2.57. The summed E-state index contributed by atoms with van der Waals surface area (Å²) in [6.07, 6.45) is 0. The van der Waals surface area contributed by atoms with Gasteiger partial charge in [-0.1, -0.05) is 41.6 Å². The number of nitrogens with zero attached hydrogens (tertiary/aromatic N) is 3. The zero-order valence-corrected chi connectivity index (χ0v) is 20.9. The lowest BCUT2D eigenvalue weighted by molar-refractivity contribution is 0.244. The molecular weight excluding hydrogens is 472 g/mol. The lowest BCUT2D eigenvalue weighted by atomic mass is 9.94. The molecule has 0 spiro atoms. The molecule has 0 saturated carbocycles. The fourth-order valence-corrected chi connectivity index (χ4v) is 4.38. The summed E-state index contributed by atoms with van der Waals surface area (Å²) in [6, 6.07) is 21.4. The second-order valence-corrected chi connectivity index (χ2v) is 8.32. The van der Waals surface area contributed by atoms with Crippen LogP contribution in [0.4, 0.5) is 10.5 Å². The van der Waals surface area contributed by atoms with Gasteiger partial charge in [-0.2, -0.15) is 4.98 Å². The van der Waals surface area contributed by atoms with Gasteiger partial charge in [0.15, 0.2) is 11.5 Å². The molecule has 4 aromatic rings. The number of methoxy groups -OCH3 is 3. The number of urea groups is 1. The van der Waals surface area contributed by atoms with E-state index in [0.717, 1.165) is 11.1 Å². The maximum Gasteiger partial charge on any atom is 0.326 e. The van der Waals surface area contributed by atoms with Crippen LogP contribution in [-0.4, -0.2) is 37.5 Å². The standard InChI is InChI=1S/C28H26N4O5/c1-17-24(27-30-26(31-37-27)18-8-6-5-7-9-18)25(19-10-15-22(35-3)23(16-19)36-4)29-28(33)32(17)20-11-13-21(34-2)14-12-20/h5-16,25H,1-4H3,(H,29,33). The summed E-state index contributed by atoms with van der Waals surface area (Å²) in [6.45, 7) is 1.86. The third-order valence-corrected chi connectivity index (χ3v) is 6.24. The summed E-state index contributed by atoms with van der Waals surface area (Å²) in [7, 11) is 4.74. The number of hydrogen-bond acceptors (Lipinski definition) is 7. The van der Waals surface area contributed by atoms with Gasteiger partial charge in [-0.05, 0) is 48.9 Å². The van der Waals surface area contributed by atoms with Gasteiger partial charge in [0.2, 0.25) is 5.82 Å². The van der Waals surface area contributed by atoms with Crippen molar-refractivity contribution >= 4 is 17.3 Å². The van der Waals surface area contributed by atoms with Crippen molar-refractivity contribution in [3.8, 4) is 28.6 Å². The van der Waals surface area contributed by atoms with Gasteiger partial charge in [0.1, 0.15) is 5.75 Å². The van der Waals surface area contributed by atoms with E-state index < -0.39 is 6.04 Å². The molecule has 2 heterocycles. The topological polar surface area (TPSA) is 99.0 Å². The molecule has 1 aliphatic heterocycles. The van der Waals surface area contributed by atoms with Gasteiger partial charge in [0.05, 0.1) is 38.6 Å². The number of anilines is 1. The van der Waals surface area contributed by atoms with Gasteiger partial charge in [0.25, 0.3) is 5.89 Å². The molecule has 0 fully saturated rings. The number of nitrogens with one attached hydrogen (secondary N) is 1. The number of rotatable bonds is 7. The highest BCUT2D eigenvalue weighted by molar-refractivity contribution is 6.01. The highest BCUT2D eigenvalue weighted by atomic mass is 16.5. The molecule has 0 saturated heterocycles. The summed E-state index contributed by atoms with van der Waals surface area (Å²) < 4.78 is 21.9. The number of carbonyl (C=O) groups excluding carboxylic acids is 1. The molecule has 1 aromatic heterocycles. The van der Waals surface area contributed by atoms with Crippen LogP contribution in [0.1, 0.15) is 24.4 Å². The Morgan fingerprint density at radius 3 is 2.30 bits per heavy atom. The average Bonchev–Trinajstić information content (AvgIpc) is 3.43. The van der Waals surface area contributed by atoms with Crippen molar-refractivity contribution in [3.05, 3.63) is 89.9 Å². The van der Waals surface area contributed by atoms with Gasteiger partial charge in [-0.25, -0.2) is 4.79 Å². The molecule has 0 aliphatic carbocycles.